The average molecular weight is 253 g/mol. The van der Waals surface area contributed by atoms with Crippen LogP contribution in [0.3, 0.4) is 0 Å². The summed E-state index contributed by atoms with van der Waals surface area (Å²) in [5.74, 6) is -0.558. The van der Waals surface area contributed by atoms with Gasteiger partial charge in [-0.1, -0.05) is 6.08 Å². The van der Waals surface area contributed by atoms with E-state index in [1.54, 1.807) is 30.3 Å². The molecule has 0 saturated carbocycles. The molecule has 0 aromatic heterocycles. The summed E-state index contributed by atoms with van der Waals surface area (Å²) in [5.41, 5.74) is 1.13. The summed E-state index contributed by atoms with van der Waals surface area (Å²) in [5, 5.41) is 5.24. The van der Waals surface area contributed by atoms with E-state index in [4.69, 9.17) is 11.6 Å². The Bertz CT molecular complexity index is 415. The summed E-state index contributed by atoms with van der Waals surface area (Å²) in [6, 6.07) is 6.55. The molecule has 0 atom stereocenters. The number of anilines is 1. The first kappa shape index (κ1) is 13.3. The maximum Gasteiger partial charge on any atom is 0.251 e. The minimum absolute atomic E-state index is 0.0957. The van der Waals surface area contributed by atoms with Crippen LogP contribution < -0.4 is 10.6 Å². The van der Waals surface area contributed by atoms with E-state index in [1.165, 1.54) is 0 Å². The minimum atomic E-state index is -0.282. The molecule has 0 bridgehead atoms. The van der Waals surface area contributed by atoms with Gasteiger partial charge < -0.3 is 10.6 Å². The number of carbonyl (C=O) groups is 2. The van der Waals surface area contributed by atoms with Crippen LogP contribution in [-0.2, 0) is 4.79 Å². The standard InChI is InChI=1S/C12H13ClN2O2/c1-2-7-14-12(17)9-3-5-10(6-4-9)15-11(16)8-13/h2-6H,1,7-8H2,(H,14,17)(H,15,16). The highest BCUT2D eigenvalue weighted by Crippen LogP contribution is 2.09. The maximum atomic E-state index is 11.5. The molecule has 4 nitrogen and oxygen atoms in total. The molecular formula is C12H13ClN2O2. The lowest BCUT2D eigenvalue weighted by Crippen LogP contribution is -2.23. The Morgan fingerprint density at radius 1 is 1.29 bits per heavy atom. The van der Waals surface area contributed by atoms with Gasteiger partial charge in [-0.2, -0.15) is 0 Å². The normalized spacial score (nSPS) is 9.47. The van der Waals surface area contributed by atoms with Crippen molar-refractivity contribution in [2.45, 2.75) is 0 Å². The zero-order valence-electron chi connectivity index (χ0n) is 9.20. The fraction of sp³-hybridized carbons (Fsp3) is 0.167. The van der Waals surface area contributed by atoms with Crippen LogP contribution in [0.5, 0.6) is 0 Å². The molecule has 5 heteroatoms. The molecule has 0 saturated heterocycles. The van der Waals surface area contributed by atoms with Crippen molar-refractivity contribution in [3.8, 4) is 0 Å². The van der Waals surface area contributed by atoms with E-state index in [2.05, 4.69) is 17.2 Å². The molecule has 0 unspecified atom stereocenters. The van der Waals surface area contributed by atoms with Crippen LogP contribution in [0.2, 0.25) is 0 Å². The fourth-order valence-corrected chi connectivity index (χ4v) is 1.23. The monoisotopic (exact) mass is 252 g/mol. The van der Waals surface area contributed by atoms with Crippen molar-refractivity contribution in [2.24, 2.45) is 0 Å². The number of alkyl halides is 1. The third kappa shape index (κ3) is 4.28. The van der Waals surface area contributed by atoms with Gasteiger partial charge in [-0.25, -0.2) is 0 Å². The van der Waals surface area contributed by atoms with Crippen molar-refractivity contribution >= 4 is 29.1 Å². The van der Waals surface area contributed by atoms with Crippen LogP contribution in [0.25, 0.3) is 0 Å². The van der Waals surface area contributed by atoms with Crippen LogP contribution >= 0.6 is 11.6 Å². The molecule has 1 aromatic carbocycles. The highest BCUT2D eigenvalue weighted by atomic mass is 35.5. The summed E-state index contributed by atoms with van der Waals surface area (Å²) in [6.45, 7) is 3.93. The van der Waals surface area contributed by atoms with E-state index in [-0.39, 0.29) is 17.7 Å². The number of amides is 2. The van der Waals surface area contributed by atoms with Gasteiger partial charge in [-0.05, 0) is 24.3 Å². The predicted octanol–water partition coefficient (Wildman–Crippen LogP) is 1.78. The molecular weight excluding hydrogens is 240 g/mol. The first-order valence-electron chi connectivity index (χ1n) is 5.02. The Hall–Kier alpha value is -1.81. The second-order valence-corrected chi connectivity index (χ2v) is 3.53. The van der Waals surface area contributed by atoms with Gasteiger partial charge in [0, 0.05) is 17.8 Å². The van der Waals surface area contributed by atoms with E-state index in [0.29, 0.717) is 17.8 Å². The molecule has 0 fully saturated rings. The second-order valence-electron chi connectivity index (χ2n) is 3.26. The zero-order chi connectivity index (χ0) is 12.7. The molecule has 0 radical (unpaired) electrons. The van der Waals surface area contributed by atoms with E-state index < -0.39 is 0 Å². The number of carbonyl (C=O) groups excluding carboxylic acids is 2. The van der Waals surface area contributed by atoms with Gasteiger partial charge in [0.2, 0.25) is 5.91 Å². The molecule has 90 valence electrons. The van der Waals surface area contributed by atoms with Gasteiger partial charge in [0.15, 0.2) is 0 Å². The first-order chi connectivity index (χ1) is 8.17. The SMILES string of the molecule is C=CCNC(=O)c1ccc(NC(=O)CCl)cc1. The van der Waals surface area contributed by atoms with Crippen molar-refractivity contribution in [3.05, 3.63) is 42.5 Å². The summed E-state index contributed by atoms with van der Waals surface area (Å²) >= 11 is 5.36. The Labute approximate surface area is 105 Å². The lowest BCUT2D eigenvalue weighted by atomic mass is 10.2. The fourth-order valence-electron chi connectivity index (χ4n) is 1.17. The topological polar surface area (TPSA) is 58.2 Å². The third-order valence-electron chi connectivity index (χ3n) is 1.96. The van der Waals surface area contributed by atoms with Crippen LogP contribution in [0.4, 0.5) is 5.69 Å². The van der Waals surface area contributed by atoms with E-state index in [0.717, 1.165) is 0 Å². The molecule has 2 N–H and O–H groups in total. The van der Waals surface area contributed by atoms with Gasteiger partial charge in [0.25, 0.3) is 5.91 Å². The molecule has 0 aliphatic heterocycles. The van der Waals surface area contributed by atoms with Crippen molar-refractivity contribution < 1.29 is 9.59 Å². The quantitative estimate of drug-likeness (QED) is 0.620. The largest absolute Gasteiger partial charge is 0.349 e. The van der Waals surface area contributed by atoms with Crippen molar-refractivity contribution in [2.75, 3.05) is 17.7 Å². The van der Waals surface area contributed by atoms with Gasteiger partial charge >= 0.3 is 0 Å². The predicted molar refractivity (Wildman–Crippen MR) is 68.3 cm³/mol. The zero-order valence-corrected chi connectivity index (χ0v) is 9.96. The van der Waals surface area contributed by atoms with E-state index in [1.807, 2.05) is 0 Å². The Kier molecular flexibility index (Phi) is 5.23. The van der Waals surface area contributed by atoms with E-state index >= 15 is 0 Å². The molecule has 0 heterocycles. The highest BCUT2D eigenvalue weighted by Gasteiger charge is 2.04. The van der Waals surface area contributed by atoms with Crippen molar-refractivity contribution in [3.63, 3.8) is 0 Å². The second kappa shape index (κ2) is 6.70. The summed E-state index contributed by atoms with van der Waals surface area (Å²) in [4.78, 5) is 22.5. The lowest BCUT2D eigenvalue weighted by molar-refractivity contribution is -0.113. The van der Waals surface area contributed by atoms with Crippen LogP contribution in [-0.4, -0.2) is 24.2 Å². The lowest BCUT2D eigenvalue weighted by Gasteiger charge is -2.05. The molecule has 0 aliphatic rings. The molecule has 2 amide bonds. The summed E-state index contributed by atoms with van der Waals surface area (Å²) in [7, 11) is 0. The summed E-state index contributed by atoms with van der Waals surface area (Å²) < 4.78 is 0. The molecule has 0 spiro atoms. The van der Waals surface area contributed by atoms with E-state index in [9.17, 15) is 9.59 Å². The number of nitrogens with one attached hydrogen (secondary N) is 2. The van der Waals surface area contributed by atoms with Gasteiger partial charge in [-0.15, -0.1) is 18.2 Å². The Morgan fingerprint density at radius 3 is 2.47 bits per heavy atom. The molecule has 17 heavy (non-hydrogen) atoms. The molecule has 0 aliphatic carbocycles. The van der Waals surface area contributed by atoms with Crippen molar-refractivity contribution in [1.29, 1.82) is 0 Å². The van der Waals surface area contributed by atoms with Gasteiger partial charge in [0.1, 0.15) is 5.88 Å². The summed E-state index contributed by atoms with van der Waals surface area (Å²) in [6.07, 6.45) is 1.60. The van der Waals surface area contributed by atoms with Gasteiger partial charge in [-0.3, -0.25) is 9.59 Å². The molecule has 1 rings (SSSR count). The Balaban J connectivity index is 2.64. The smallest absolute Gasteiger partial charge is 0.251 e. The Morgan fingerprint density at radius 2 is 1.94 bits per heavy atom. The first-order valence-corrected chi connectivity index (χ1v) is 5.56. The third-order valence-corrected chi connectivity index (χ3v) is 2.20. The number of hydrogen-bond acceptors (Lipinski definition) is 2. The highest BCUT2D eigenvalue weighted by molar-refractivity contribution is 6.29. The number of hydrogen-bond donors (Lipinski definition) is 2. The average Bonchev–Trinajstić information content (AvgIpc) is 2.36. The number of benzene rings is 1. The van der Waals surface area contributed by atoms with Crippen LogP contribution in [0.1, 0.15) is 10.4 Å². The number of halogens is 1. The van der Waals surface area contributed by atoms with Crippen LogP contribution in [0.15, 0.2) is 36.9 Å². The molecule has 1 aromatic rings. The van der Waals surface area contributed by atoms with Crippen molar-refractivity contribution in [1.82, 2.24) is 5.32 Å². The maximum absolute atomic E-state index is 11.5. The number of rotatable bonds is 5. The minimum Gasteiger partial charge on any atom is -0.349 e. The van der Waals surface area contributed by atoms with Gasteiger partial charge in [0.05, 0.1) is 0 Å². The van der Waals surface area contributed by atoms with Crippen LogP contribution in [0, 0.1) is 0 Å².